The maximum absolute atomic E-state index is 6.12. The Kier molecular flexibility index (Phi) is 3.14. The molecule has 20 heavy (non-hydrogen) atoms. The van der Waals surface area contributed by atoms with E-state index in [4.69, 9.17) is 17.3 Å². The summed E-state index contributed by atoms with van der Waals surface area (Å²) in [7, 11) is 0. The molecule has 2 aromatic carbocycles. The monoisotopic (exact) mass is 285 g/mol. The van der Waals surface area contributed by atoms with E-state index >= 15 is 0 Å². The number of hydrogen-bond acceptors (Lipinski definition) is 2. The number of imidazole rings is 1. The lowest BCUT2D eigenvalue weighted by atomic mass is 10.1. The second kappa shape index (κ2) is 4.84. The lowest BCUT2D eigenvalue weighted by Gasteiger charge is -2.17. The van der Waals surface area contributed by atoms with Crippen molar-refractivity contribution in [1.29, 1.82) is 0 Å². The van der Waals surface area contributed by atoms with Gasteiger partial charge in [-0.15, -0.1) is 0 Å². The van der Waals surface area contributed by atoms with Crippen LogP contribution in [0.4, 0.5) is 5.95 Å². The highest BCUT2D eigenvalue weighted by Gasteiger charge is 2.17. The molecule has 0 aliphatic heterocycles. The van der Waals surface area contributed by atoms with Gasteiger partial charge in [0.1, 0.15) is 0 Å². The molecular formula is C16H16ClN3. The van der Waals surface area contributed by atoms with Crippen molar-refractivity contribution in [2.45, 2.75) is 19.9 Å². The van der Waals surface area contributed by atoms with Gasteiger partial charge in [0, 0.05) is 5.02 Å². The largest absolute Gasteiger partial charge is 0.369 e. The van der Waals surface area contributed by atoms with Gasteiger partial charge in [-0.25, -0.2) is 4.98 Å². The number of hydrogen-bond donors (Lipinski definition) is 1. The van der Waals surface area contributed by atoms with Gasteiger partial charge in [-0.05, 0) is 43.2 Å². The van der Waals surface area contributed by atoms with Crippen molar-refractivity contribution in [1.82, 2.24) is 9.55 Å². The molecule has 0 bridgehead atoms. The molecule has 3 aromatic rings. The molecule has 3 rings (SSSR count). The minimum absolute atomic E-state index is 0.0831. The molecule has 0 radical (unpaired) electrons. The molecular weight excluding hydrogens is 270 g/mol. The fraction of sp³-hybridized carbons (Fsp3) is 0.188. The molecule has 2 N–H and O–H groups in total. The van der Waals surface area contributed by atoms with Gasteiger partial charge < -0.3 is 10.3 Å². The molecule has 0 saturated carbocycles. The highest BCUT2D eigenvalue weighted by atomic mass is 35.5. The minimum atomic E-state index is 0.0831. The van der Waals surface area contributed by atoms with Gasteiger partial charge in [-0.3, -0.25) is 0 Å². The average molecular weight is 286 g/mol. The van der Waals surface area contributed by atoms with Gasteiger partial charge in [-0.2, -0.15) is 0 Å². The molecule has 0 fully saturated rings. The van der Waals surface area contributed by atoms with Crippen LogP contribution in [0.2, 0.25) is 5.02 Å². The Balaban J connectivity index is 2.21. The molecule has 1 heterocycles. The van der Waals surface area contributed by atoms with Crippen LogP contribution in [0.25, 0.3) is 11.0 Å². The first-order chi connectivity index (χ1) is 9.58. The third kappa shape index (κ3) is 2.04. The highest BCUT2D eigenvalue weighted by Crippen LogP contribution is 2.30. The number of nitrogens with zero attached hydrogens (tertiary/aromatic N) is 2. The van der Waals surface area contributed by atoms with Crippen molar-refractivity contribution in [3.05, 3.63) is 58.6 Å². The molecule has 1 aromatic heterocycles. The zero-order valence-electron chi connectivity index (χ0n) is 11.5. The van der Waals surface area contributed by atoms with Gasteiger partial charge in [0.25, 0.3) is 0 Å². The van der Waals surface area contributed by atoms with Crippen LogP contribution in [0.15, 0.2) is 42.5 Å². The number of halogens is 1. The zero-order valence-corrected chi connectivity index (χ0v) is 12.2. The quantitative estimate of drug-likeness (QED) is 0.767. The molecule has 1 unspecified atom stereocenters. The average Bonchev–Trinajstić information content (AvgIpc) is 2.75. The fourth-order valence-corrected chi connectivity index (χ4v) is 2.85. The smallest absolute Gasteiger partial charge is 0.201 e. The number of nitrogen functional groups attached to an aromatic ring is 1. The lowest BCUT2D eigenvalue weighted by molar-refractivity contribution is 0.667. The second-order valence-corrected chi connectivity index (χ2v) is 5.45. The Labute approximate surface area is 123 Å². The maximum atomic E-state index is 6.12. The Hall–Kier alpha value is -2.00. The van der Waals surface area contributed by atoms with Crippen LogP contribution in [0.3, 0.4) is 0 Å². The summed E-state index contributed by atoms with van der Waals surface area (Å²) in [5.74, 6) is 0.529. The van der Waals surface area contributed by atoms with E-state index in [0.29, 0.717) is 5.95 Å². The van der Waals surface area contributed by atoms with Crippen molar-refractivity contribution in [3.63, 3.8) is 0 Å². The summed E-state index contributed by atoms with van der Waals surface area (Å²) in [5.41, 5.74) is 10.4. The van der Waals surface area contributed by atoms with Crippen LogP contribution < -0.4 is 5.73 Å². The summed E-state index contributed by atoms with van der Waals surface area (Å²) in [6.45, 7) is 4.18. The number of benzene rings is 2. The van der Waals surface area contributed by atoms with E-state index in [1.165, 1.54) is 5.56 Å². The van der Waals surface area contributed by atoms with Crippen LogP contribution in [-0.2, 0) is 0 Å². The van der Waals surface area contributed by atoms with Crippen LogP contribution in [0, 0.1) is 6.92 Å². The van der Waals surface area contributed by atoms with Gasteiger partial charge in [-0.1, -0.05) is 35.9 Å². The van der Waals surface area contributed by atoms with Crippen molar-refractivity contribution >= 4 is 28.6 Å². The Morgan fingerprint density at radius 1 is 1.20 bits per heavy atom. The maximum Gasteiger partial charge on any atom is 0.201 e. The van der Waals surface area contributed by atoms with E-state index in [9.17, 15) is 0 Å². The standard InChI is InChI=1S/C16H16ClN3/c1-10-5-3-8-14-15(10)20(16(18)19-14)11(2)12-6-4-7-13(17)9-12/h3-9,11H,1-2H3,(H2,18,19). The van der Waals surface area contributed by atoms with Gasteiger partial charge in [0.05, 0.1) is 17.1 Å². The SMILES string of the molecule is Cc1cccc2nc(N)n(C(C)c3cccc(Cl)c3)c12. The summed E-state index contributed by atoms with van der Waals surface area (Å²) in [6, 6.07) is 14.0. The van der Waals surface area contributed by atoms with Crippen molar-refractivity contribution < 1.29 is 0 Å². The van der Waals surface area contributed by atoms with E-state index in [0.717, 1.165) is 21.6 Å². The molecule has 0 spiro atoms. The van der Waals surface area contributed by atoms with Gasteiger partial charge >= 0.3 is 0 Å². The van der Waals surface area contributed by atoms with Crippen LogP contribution >= 0.6 is 11.6 Å². The summed E-state index contributed by atoms with van der Waals surface area (Å²) in [6.07, 6.45) is 0. The van der Waals surface area contributed by atoms with Crippen molar-refractivity contribution in [2.75, 3.05) is 5.73 Å². The number of fused-ring (bicyclic) bond motifs is 1. The summed E-state index contributed by atoms with van der Waals surface area (Å²) in [5, 5.41) is 0.731. The second-order valence-electron chi connectivity index (χ2n) is 5.01. The van der Waals surface area contributed by atoms with E-state index in [1.54, 1.807) is 0 Å². The van der Waals surface area contributed by atoms with Gasteiger partial charge in [0.2, 0.25) is 5.95 Å². The van der Waals surface area contributed by atoms with E-state index in [2.05, 4.69) is 35.5 Å². The topological polar surface area (TPSA) is 43.8 Å². The molecule has 4 heteroatoms. The van der Waals surface area contributed by atoms with Crippen LogP contribution in [0.5, 0.6) is 0 Å². The Morgan fingerprint density at radius 3 is 2.70 bits per heavy atom. The third-order valence-corrected chi connectivity index (χ3v) is 3.89. The van der Waals surface area contributed by atoms with Crippen LogP contribution in [0.1, 0.15) is 24.1 Å². The molecule has 0 aliphatic rings. The van der Waals surface area contributed by atoms with E-state index < -0.39 is 0 Å². The first-order valence-electron chi connectivity index (χ1n) is 6.56. The predicted molar refractivity (Wildman–Crippen MR) is 84.1 cm³/mol. The molecule has 3 nitrogen and oxygen atoms in total. The normalized spacial score (nSPS) is 12.8. The highest BCUT2D eigenvalue weighted by molar-refractivity contribution is 6.30. The van der Waals surface area contributed by atoms with Crippen molar-refractivity contribution in [2.24, 2.45) is 0 Å². The van der Waals surface area contributed by atoms with Gasteiger partial charge in [0.15, 0.2) is 0 Å². The number of rotatable bonds is 2. The molecule has 0 saturated heterocycles. The first kappa shape index (κ1) is 13.0. The van der Waals surface area contributed by atoms with Crippen molar-refractivity contribution in [3.8, 4) is 0 Å². The number of aryl methyl sites for hydroxylation is 1. The molecule has 0 amide bonds. The zero-order chi connectivity index (χ0) is 14.3. The number of aromatic nitrogens is 2. The van der Waals surface area contributed by atoms with Crippen LogP contribution in [-0.4, -0.2) is 9.55 Å². The fourth-order valence-electron chi connectivity index (χ4n) is 2.65. The van der Waals surface area contributed by atoms with E-state index in [1.807, 2.05) is 30.3 Å². The first-order valence-corrected chi connectivity index (χ1v) is 6.94. The van der Waals surface area contributed by atoms with E-state index in [-0.39, 0.29) is 6.04 Å². The molecule has 102 valence electrons. The third-order valence-electron chi connectivity index (χ3n) is 3.66. The lowest BCUT2D eigenvalue weighted by Crippen LogP contribution is -2.10. The molecule has 0 aliphatic carbocycles. The summed E-state index contributed by atoms with van der Waals surface area (Å²) in [4.78, 5) is 4.45. The number of nitrogens with two attached hydrogens (primary N) is 1. The minimum Gasteiger partial charge on any atom is -0.369 e. The number of anilines is 1. The Bertz CT molecular complexity index is 776. The molecule has 1 atom stereocenters. The predicted octanol–water partition coefficient (Wildman–Crippen LogP) is 4.19. The Morgan fingerprint density at radius 2 is 1.95 bits per heavy atom. The number of para-hydroxylation sites is 1. The summed E-state index contributed by atoms with van der Waals surface area (Å²) >= 11 is 6.08. The summed E-state index contributed by atoms with van der Waals surface area (Å²) < 4.78 is 2.07.